The Hall–Kier alpha value is -2.08. The molecular formula is C17H23NO5. The van der Waals surface area contributed by atoms with Gasteiger partial charge in [-0.15, -0.1) is 0 Å². The zero-order valence-corrected chi connectivity index (χ0v) is 13.4. The molecule has 0 spiro atoms. The number of aliphatic hydroxyl groups is 1. The van der Waals surface area contributed by atoms with Crippen LogP contribution in [0.1, 0.15) is 31.7 Å². The first-order valence-corrected chi connectivity index (χ1v) is 7.86. The predicted octanol–water partition coefficient (Wildman–Crippen LogP) is 2.10. The van der Waals surface area contributed by atoms with Crippen molar-refractivity contribution in [3.63, 3.8) is 0 Å². The lowest BCUT2D eigenvalue weighted by Crippen LogP contribution is -2.47. The molecule has 126 valence electrons. The van der Waals surface area contributed by atoms with Gasteiger partial charge in [-0.1, -0.05) is 30.3 Å². The summed E-state index contributed by atoms with van der Waals surface area (Å²) in [6.07, 6.45) is 0.249. The quantitative estimate of drug-likeness (QED) is 0.841. The number of esters is 1. The van der Waals surface area contributed by atoms with Crippen molar-refractivity contribution < 1.29 is 24.2 Å². The Balaban J connectivity index is 1.77. The molecule has 6 nitrogen and oxygen atoms in total. The van der Waals surface area contributed by atoms with Gasteiger partial charge >= 0.3 is 12.1 Å². The first kappa shape index (κ1) is 17.3. The smallest absolute Gasteiger partial charge is 0.410 e. The third-order valence-electron chi connectivity index (χ3n) is 3.94. The van der Waals surface area contributed by atoms with E-state index in [0.717, 1.165) is 5.56 Å². The van der Waals surface area contributed by atoms with Crippen molar-refractivity contribution in [2.75, 3.05) is 19.7 Å². The fourth-order valence-corrected chi connectivity index (χ4v) is 2.57. The Bertz CT molecular complexity index is 523. The number of piperidine rings is 1. The molecule has 1 aromatic rings. The van der Waals surface area contributed by atoms with E-state index in [2.05, 4.69) is 0 Å². The molecule has 1 N–H and O–H groups in total. The van der Waals surface area contributed by atoms with Crippen LogP contribution >= 0.6 is 0 Å². The molecule has 2 rings (SSSR count). The maximum absolute atomic E-state index is 12.0. The molecular weight excluding hydrogens is 298 g/mol. The number of carbonyl (C=O) groups excluding carboxylic acids is 2. The molecule has 0 saturated carbocycles. The van der Waals surface area contributed by atoms with Crippen LogP contribution in [0.5, 0.6) is 0 Å². The van der Waals surface area contributed by atoms with E-state index in [0.29, 0.717) is 32.5 Å². The maximum Gasteiger partial charge on any atom is 0.410 e. The molecule has 23 heavy (non-hydrogen) atoms. The van der Waals surface area contributed by atoms with E-state index in [1.54, 1.807) is 11.8 Å². The van der Waals surface area contributed by atoms with Gasteiger partial charge in [0.15, 0.2) is 0 Å². The highest BCUT2D eigenvalue weighted by atomic mass is 16.6. The summed E-state index contributed by atoms with van der Waals surface area (Å²) in [4.78, 5) is 25.1. The van der Waals surface area contributed by atoms with E-state index >= 15 is 0 Å². The van der Waals surface area contributed by atoms with Crippen LogP contribution in [0.15, 0.2) is 30.3 Å². The van der Waals surface area contributed by atoms with Gasteiger partial charge in [0.05, 0.1) is 18.6 Å². The summed E-state index contributed by atoms with van der Waals surface area (Å²) < 4.78 is 10.1. The molecule has 6 heteroatoms. The largest absolute Gasteiger partial charge is 0.466 e. The summed E-state index contributed by atoms with van der Waals surface area (Å²) in [7, 11) is 0. The van der Waals surface area contributed by atoms with Gasteiger partial charge in [0.2, 0.25) is 0 Å². The van der Waals surface area contributed by atoms with Crippen molar-refractivity contribution in [2.45, 2.75) is 38.4 Å². The molecule has 1 aliphatic rings. The lowest BCUT2D eigenvalue weighted by Gasteiger charge is -2.37. The molecule has 1 heterocycles. The SMILES string of the molecule is CCOC(=O)CC1(O)CCN(C(=O)OCc2ccccc2)CC1. The number of ether oxygens (including phenoxy) is 2. The molecule has 1 saturated heterocycles. The van der Waals surface area contributed by atoms with Crippen molar-refractivity contribution in [2.24, 2.45) is 0 Å². The average Bonchev–Trinajstić information content (AvgIpc) is 2.54. The molecule has 1 fully saturated rings. The molecule has 0 unspecified atom stereocenters. The van der Waals surface area contributed by atoms with E-state index in [1.807, 2.05) is 30.3 Å². The van der Waals surface area contributed by atoms with Crippen LogP contribution in [0, 0.1) is 0 Å². The fraction of sp³-hybridized carbons (Fsp3) is 0.529. The average molecular weight is 321 g/mol. The van der Waals surface area contributed by atoms with Crippen LogP contribution in [-0.2, 0) is 20.9 Å². The minimum Gasteiger partial charge on any atom is -0.466 e. The summed E-state index contributed by atoms with van der Waals surface area (Å²) in [5, 5.41) is 10.4. The molecule has 0 atom stereocenters. The van der Waals surface area contributed by atoms with Gasteiger partial charge in [-0.2, -0.15) is 0 Å². The number of hydrogen-bond acceptors (Lipinski definition) is 5. The number of likely N-dealkylation sites (tertiary alicyclic amines) is 1. The van der Waals surface area contributed by atoms with Crippen LogP contribution in [0.3, 0.4) is 0 Å². The molecule has 0 radical (unpaired) electrons. The number of carbonyl (C=O) groups is 2. The van der Waals surface area contributed by atoms with Gasteiger partial charge in [0.1, 0.15) is 6.61 Å². The standard InChI is InChI=1S/C17H23NO5/c1-2-22-15(19)12-17(21)8-10-18(11-9-17)16(20)23-13-14-6-4-3-5-7-14/h3-7,21H,2,8-13H2,1H3. The van der Waals surface area contributed by atoms with Crippen molar-refractivity contribution in [3.8, 4) is 0 Å². The minimum absolute atomic E-state index is 0.0340. The number of nitrogens with zero attached hydrogens (tertiary/aromatic N) is 1. The lowest BCUT2D eigenvalue weighted by molar-refractivity contribution is -0.150. The Morgan fingerprint density at radius 3 is 2.43 bits per heavy atom. The predicted molar refractivity (Wildman–Crippen MR) is 83.6 cm³/mol. The van der Waals surface area contributed by atoms with Crippen molar-refractivity contribution >= 4 is 12.1 Å². The first-order chi connectivity index (χ1) is 11.0. The Kier molecular flexibility index (Phi) is 5.98. The summed E-state index contributed by atoms with van der Waals surface area (Å²) in [6, 6.07) is 9.46. The van der Waals surface area contributed by atoms with Crippen molar-refractivity contribution in [1.29, 1.82) is 0 Å². The first-order valence-electron chi connectivity index (χ1n) is 7.86. The van der Waals surface area contributed by atoms with Crippen LogP contribution < -0.4 is 0 Å². The monoisotopic (exact) mass is 321 g/mol. The molecule has 0 aromatic heterocycles. The van der Waals surface area contributed by atoms with Crippen LogP contribution in [0.25, 0.3) is 0 Å². The van der Waals surface area contributed by atoms with Crippen LogP contribution in [0.2, 0.25) is 0 Å². The minimum atomic E-state index is -1.09. The highest BCUT2D eigenvalue weighted by molar-refractivity contribution is 5.71. The van der Waals surface area contributed by atoms with Crippen LogP contribution in [-0.4, -0.2) is 47.4 Å². The Morgan fingerprint density at radius 2 is 1.83 bits per heavy atom. The molecule has 1 aromatic carbocycles. The van der Waals surface area contributed by atoms with E-state index in [4.69, 9.17) is 9.47 Å². The number of amides is 1. The number of hydrogen-bond donors (Lipinski definition) is 1. The zero-order chi connectivity index (χ0) is 16.7. The maximum atomic E-state index is 12.0. The van der Waals surface area contributed by atoms with Gasteiger partial charge in [-0.3, -0.25) is 4.79 Å². The number of benzene rings is 1. The van der Waals surface area contributed by atoms with E-state index < -0.39 is 17.7 Å². The second kappa shape index (κ2) is 7.97. The van der Waals surface area contributed by atoms with E-state index in [1.165, 1.54) is 0 Å². The molecule has 0 aliphatic carbocycles. The van der Waals surface area contributed by atoms with Gasteiger partial charge in [-0.25, -0.2) is 4.79 Å². The third kappa shape index (κ3) is 5.25. The third-order valence-corrected chi connectivity index (χ3v) is 3.94. The highest BCUT2D eigenvalue weighted by Gasteiger charge is 2.36. The summed E-state index contributed by atoms with van der Waals surface area (Å²) in [5.41, 5.74) is -0.167. The second-order valence-corrected chi connectivity index (χ2v) is 5.73. The number of rotatable bonds is 5. The van der Waals surface area contributed by atoms with Crippen molar-refractivity contribution in [1.82, 2.24) is 4.90 Å². The zero-order valence-electron chi connectivity index (χ0n) is 13.4. The van der Waals surface area contributed by atoms with E-state index in [9.17, 15) is 14.7 Å². The summed E-state index contributed by atoms with van der Waals surface area (Å²) >= 11 is 0. The summed E-state index contributed by atoms with van der Waals surface area (Å²) in [6.45, 7) is 2.98. The van der Waals surface area contributed by atoms with Gasteiger partial charge in [0.25, 0.3) is 0 Å². The Morgan fingerprint density at radius 1 is 1.17 bits per heavy atom. The highest BCUT2D eigenvalue weighted by Crippen LogP contribution is 2.26. The van der Waals surface area contributed by atoms with Crippen LogP contribution in [0.4, 0.5) is 4.79 Å². The van der Waals surface area contributed by atoms with Crippen molar-refractivity contribution in [3.05, 3.63) is 35.9 Å². The van der Waals surface area contributed by atoms with E-state index in [-0.39, 0.29) is 13.0 Å². The second-order valence-electron chi connectivity index (χ2n) is 5.73. The van der Waals surface area contributed by atoms with Gasteiger partial charge < -0.3 is 19.5 Å². The summed E-state index contributed by atoms with van der Waals surface area (Å²) in [5.74, 6) is -0.407. The molecule has 1 aliphatic heterocycles. The fourth-order valence-electron chi connectivity index (χ4n) is 2.57. The molecule has 0 bridgehead atoms. The Labute approximate surface area is 136 Å². The lowest BCUT2D eigenvalue weighted by atomic mass is 9.88. The van der Waals surface area contributed by atoms with Gasteiger partial charge in [-0.05, 0) is 25.3 Å². The topological polar surface area (TPSA) is 76.1 Å². The molecule has 1 amide bonds. The van der Waals surface area contributed by atoms with Gasteiger partial charge in [0, 0.05) is 13.1 Å². The normalized spacial score (nSPS) is 16.7.